The van der Waals surface area contributed by atoms with Crippen LogP contribution in [0.4, 0.5) is 0 Å². The highest BCUT2D eigenvalue weighted by Gasteiger charge is 2.39. The van der Waals surface area contributed by atoms with Crippen molar-refractivity contribution in [1.82, 2.24) is 0 Å². The van der Waals surface area contributed by atoms with E-state index in [9.17, 15) is 29.2 Å². The quantitative estimate of drug-likeness (QED) is 0.0217. The van der Waals surface area contributed by atoms with E-state index in [2.05, 4.69) is 25.3 Å². The van der Waals surface area contributed by atoms with Crippen LogP contribution < -0.4 is 0 Å². The highest BCUT2D eigenvalue weighted by molar-refractivity contribution is 7.46. The van der Waals surface area contributed by atoms with Gasteiger partial charge < -0.3 is 29.5 Å². The van der Waals surface area contributed by atoms with Crippen LogP contribution in [0.1, 0.15) is 168 Å². The topological polar surface area (TPSA) is 177 Å². The van der Waals surface area contributed by atoms with E-state index in [-0.39, 0.29) is 43.5 Å². The number of ether oxygens (including phenoxy) is 2. The molecule has 0 saturated heterocycles. The van der Waals surface area contributed by atoms with Crippen LogP contribution in [-0.2, 0) is 32.9 Å². The Morgan fingerprint density at radius 3 is 2.00 bits per heavy atom. The van der Waals surface area contributed by atoms with Gasteiger partial charge >= 0.3 is 19.8 Å². The number of unbranched alkanes of at least 4 members (excludes halogenated alkanes) is 14. The first-order valence-corrected chi connectivity index (χ1v) is 22.1. The zero-order chi connectivity index (χ0) is 39.3. The summed E-state index contributed by atoms with van der Waals surface area (Å²) in [5.41, 5.74) is 0. The maximum absolute atomic E-state index is 12.5. The van der Waals surface area contributed by atoms with Crippen molar-refractivity contribution < 1.29 is 52.9 Å². The fraction of sp³-hybridized carbons (Fsp3) is 0.829. The molecular weight excluding hydrogens is 699 g/mol. The first-order chi connectivity index (χ1) is 25.3. The zero-order valence-corrected chi connectivity index (χ0v) is 33.9. The van der Waals surface area contributed by atoms with Gasteiger partial charge in [0.1, 0.15) is 12.4 Å². The summed E-state index contributed by atoms with van der Waals surface area (Å²) in [4.78, 5) is 55.5. The molecule has 0 bridgehead atoms. The molecule has 1 rings (SSSR count). The van der Waals surface area contributed by atoms with Gasteiger partial charge in [-0.1, -0.05) is 141 Å². The van der Waals surface area contributed by atoms with Gasteiger partial charge in [0.05, 0.1) is 18.8 Å². The minimum absolute atomic E-state index is 0.00626. The highest BCUT2D eigenvalue weighted by atomic mass is 31.2. The van der Waals surface area contributed by atoms with Gasteiger partial charge in [-0.05, 0) is 38.0 Å². The number of hydrogen-bond donors (Lipinski definition) is 4. The van der Waals surface area contributed by atoms with E-state index in [1.54, 1.807) is 12.2 Å². The minimum atomic E-state index is -4.82. The third-order valence-corrected chi connectivity index (χ3v) is 10.3. The second-order valence-electron chi connectivity index (χ2n) is 15.2. The first-order valence-electron chi connectivity index (χ1n) is 20.6. The molecule has 53 heavy (non-hydrogen) atoms. The van der Waals surface area contributed by atoms with Gasteiger partial charge in [0, 0.05) is 31.1 Å². The first kappa shape index (κ1) is 49.1. The van der Waals surface area contributed by atoms with Crippen LogP contribution in [0.3, 0.4) is 0 Å². The van der Waals surface area contributed by atoms with Gasteiger partial charge in [0.2, 0.25) is 0 Å². The third kappa shape index (κ3) is 27.4. The lowest BCUT2D eigenvalue weighted by Gasteiger charge is -2.18. The van der Waals surface area contributed by atoms with Crippen molar-refractivity contribution in [1.29, 1.82) is 0 Å². The maximum Gasteiger partial charge on any atom is 0.469 e. The predicted octanol–water partition coefficient (Wildman–Crippen LogP) is 8.85. The van der Waals surface area contributed by atoms with Crippen LogP contribution >= 0.6 is 7.82 Å². The average molecular weight is 773 g/mol. The van der Waals surface area contributed by atoms with Gasteiger partial charge in [-0.25, -0.2) is 4.57 Å². The largest absolute Gasteiger partial charge is 0.469 e. The maximum atomic E-state index is 12.5. The monoisotopic (exact) mass is 772 g/mol. The van der Waals surface area contributed by atoms with Gasteiger partial charge in [-0.3, -0.25) is 18.9 Å². The summed E-state index contributed by atoms with van der Waals surface area (Å²) in [6.45, 7) is 5.67. The van der Waals surface area contributed by atoms with Crippen molar-refractivity contribution in [2.45, 2.75) is 187 Å². The number of ketones is 1. The molecule has 1 saturated carbocycles. The molecule has 0 unspecified atom stereocenters. The molecule has 1 aliphatic rings. The van der Waals surface area contributed by atoms with Crippen molar-refractivity contribution in [3.8, 4) is 0 Å². The molecule has 4 N–H and O–H groups in total. The Balaban J connectivity index is 2.30. The minimum Gasteiger partial charge on any atom is -0.462 e. The molecule has 0 aromatic carbocycles. The van der Waals surface area contributed by atoms with Gasteiger partial charge in [-0.2, -0.15) is 0 Å². The lowest BCUT2D eigenvalue weighted by atomic mass is 9.90. The summed E-state index contributed by atoms with van der Waals surface area (Å²) in [5.74, 6) is -0.995. The van der Waals surface area contributed by atoms with E-state index in [1.165, 1.54) is 57.8 Å². The molecule has 5 atom stereocenters. The Morgan fingerprint density at radius 2 is 1.40 bits per heavy atom. The molecule has 1 fully saturated rings. The smallest absolute Gasteiger partial charge is 0.462 e. The number of rotatable bonds is 33. The van der Waals surface area contributed by atoms with Gasteiger partial charge in [-0.15, -0.1) is 0 Å². The number of esters is 2. The van der Waals surface area contributed by atoms with Gasteiger partial charge in [0.15, 0.2) is 6.10 Å². The van der Waals surface area contributed by atoms with Crippen LogP contribution in [0.15, 0.2) is 24.3 Å². The summed E-state index contributed by atoms with van der Waals surface area (Å²) in [5, 5.41) is 20.6. The van der Waals surface area contributed by atoms with E-state index >= 15 is 0 Å². The SMILES string of the molecule is CCCCC[C@H](O)/C=C/[C@H]1[C@H](O)CC(=O)[C@@H]1C/C=C\CCCC(=O)OC[C@H](COP(=O)(O)O)OC(=O)CCCCCCCCCCCCCCC(C)C. The molecule has 11 nitrogen and oxygen atoms in total. The summed E-state index contributed by atoms with van der Waals surface area (Å²) < 4.78 is 26.3. The number of phosphoric acid groups is 1. The number of hydrogen-bond acceptors (Lipinski definition) is 9. The normalized spacial score (nSPS) is 19.1. The lowest BCUT2D eigenvalue weighted by Crippen LogP contribution is -2.29. The Labute approximate surface area is 320 Å². The number of carbonyl (C=O) groups excluding carboxylic acids is 3. The number of phosphoric ester groups is 1. The molecule has 12 heteroatoms. The number of allylic oxidation sites excluding steroid dienone is 2. The molecule has 308 valence electrons. The molecule has 1 aliphatic carbocycles. The summed E-state index contributed by atoms with van der Waals surface area (Å²) in [7, 11) is -4.82. The zero-order valence-electron chi connectivity index (χ0n) is 33.0. The van der Waals surface area contributed by atoms with E-state index < -0.39 is 44.7 Å². The summed E-state index contributed by atoms with van der Waals surface area (Å²) in [6.07, 6.45) is 25.6. The summed E-state index contributed by atoms with van der Waals surface area (Å²) >= 11 is 0. The standard InChI is InChI=1S/C41H73O11P/c1-4-5-18-24-34(42)28-29-37-36(38(43)30-39(37)44)25-20-16-17-21-26-40(45)50-31-35(32-51-53(47,48)49)52-41(46)27-22-15-13-11-9-7-6-8-10-12-14-19-23-33(2)3/h16,20,28-29,33-37,39,42,44H,4-15,17-19,21-27,30-32H2,1-3H3,(H2,47,48,49)/b20-16-,29-28+/t34-,35+,36+,37+,39+/m0/s1. The van der Waals surface area contributed by atoms with Crippen LogP contribution in [0.25, 0.3) is 0 Å². The number of aliphatic hydroxyl groups excluding tert-OH is 2. The molecule has 0 radical (unpaired) electrons. The molecule has 0 aromatic heterocycles. The van der Waals surface area contributed by atoms with Gasteiger partial charge in [0.25, 0.3) is 0 Å². The molecule has 0 heterocycles. The Morgan fingerprint density at radius 1 is 0.811 bits per heavy atom. The molecule has 0 spiro atoms. The van der Waals surface area contributed by atoms with E-state index in [0.29, 0.717) is 32.1 Å². The van der Waals surface area contributed by atoms with Crippen molar-refractivity contribution >= 4 is 25.5 Å². The second kappa shape index (κ2) is 30.4. The van der Waals surface area contributed by atoms with E-state index in [4.69, 9.17) is 19.3 Å². The van der Waals surface area contributed by atoms with Crippen molar-refractivity contribution in [2.75, 3.05) is 13.2 Å². The van der Waals surface area contributed by atoms with Crippen molar-refractivity contribution in [3.63, 3.8) is 0 Å². The molecular formula is C41H73O11P. The Kier molecular flexibility index (Phi) is 28.1. The lowest BCUT2D eigenvalue weighted by molar-refractivity contribution is -0.161. The van der Waals surface area contributed by atoms with E-state index in [0.717, 1.165) is 44.4 Å². The van der Waals surface area contributed by atoms with Crippen LogP contribution in [0.5, 0.6) is 0 Å². The molecule has 0 aromatic rings. The molecule has 0 aliphatic heterocycles. The molecule has 0 amide bonds. The van der Waals surface area contributed by atoms with Crippen LogP contribution in [0.2, 0.25) is 0 Å². The Hall–Kier alpha value is -1.88. The van der Waals surface area contributed by atoms with Crippen molar-refractivity contribution in [2.24, 2.45) is 17.8 Å². The van der Waals surface area contributed by atoms with Crippen molar-refractivity contribution in [3.05, 3.63) is 24.3 Å². The average Bonchev–Trinajstić information content (AvgIpc) is 3.36. The predicted molar refractivity (Wildman–Crippen MR) is 208 cm³/mol. The third-order valence-electron chi connectivity index (χ3n) is 9.77. The Bertz CT molecular complexity index is 1090. The second-order valence-corrected chi connectivity index (χ2v) is 16.5. The fourth-order valence-corrected chi connectivity index (χ4v) is 6.96. The van der Waals surface area contributed by atoms with Crippen LogP contribution in [-0.4, -0.2) is 69.2 Å². The summed E-state index contributed by atoms with van der Waals surface area (Å²) in [6, 6.07) is 0. The highest BCUT2D eigenvalue weighted by Crippen LogP contribution is 2.36. The number of aliphatic hydroxyl groups is 2. The number of Topliss-reactive ketones (excluding diaryl/α,β-unsaturated/α-hetero) is 1. The van der Waals surface area contributed by atoms with E-state index in [1.807, 2.05) is 12.2 Å². The van der Waals surface area contributed by atoms with Crippen LogP contribution in [0, 0.1) is 17.8 Å². The number of carbonyl (C=O) groups is 3. The fourth-order valence-electron chi connectivity index (χ4n) is 6.60.